The number of aliphatic hydroxyl groups excluding tert-OH is 3. The summed E-state index contributed by atoms with van der Waals surface area (Å²) < 4.78 is 43.9. The Morgan fingerprint density at radius 3 is 1.83 bits per heavy atom. The predicted octanol–water partition coefficient (Wildman–Crippen LogP) is -2.00. The first-order valence-electron chi connectivity index (χ1n) is 5.43. The number of ketones is 1. The quantitative estimate of drug-likeness (QED) is 0.195. The largest absolute Gasteiger partial charge is 0.490 e. The number of rotatable bonds is 10. The second-order valence-corrected chi connectivity index (χ2v) is 8.33. The molecule has 138 valence electrons. The molecule has 0 bridgehead atoms. The van der Waals surface area contributed by atoms with Crippen LogP contribution in [0, 0.1) is 0 Å². The molecule has 0 aliphatic carbocycles. The highest BCUT2D eigenvalue weighted by Gasteiger charge is 2.44. The molecule has 0 aliphatic rings. The summed E-state index contributed by atoms with van der Waals surface area (Å²) in [5.41, 5.74) is 0. The zero-order valence-corrected chi connectivity index (χ0v) is 14.0. The fraction of sp³-hybridized carbons (Fsp3) is 0.833. The van der Waals surface area contributed by atoms with Crippen LogP contribution in [0.1, 0.15) is 6.92 Å². The number of phosphoric ester groups is 1. The third kappa shape index (κ3) is 9.13. The summed E-state index contributed by atoms with van der Waals surface area (Å²) in [7, 11) is -17.0. The van der Waals surface area contributed by atoms with Crippen molar-refractivity contribution in [3.8, 4) is 0 Å². The van der Waals surface area contributed by atoms with E-state index in [2.05, 4.69) is 13.1 Å². The monoisotopic (exact) mass is 404 g/mol. The minimum atomic E-state index is -5.79. The number of phosphoric acid groups is 3. The van der Waals surface area contributed by atoms with Gasteiger partial charge in [-0.3, -0.25) is 9.32 Å². The number of hydrogen-bond acceptors (Lipinski definition) is 10. The van der Waals surface area contributed by atoms with Crippen LogP contribution in [0.15, 0.2) is 0 Å². The van der Waals surface area contributed by atoms with E-state index in [1.54, 1.807) is 0 Å². The Balaban J connectivity index is 5.20. The molecule has 5 atom stereocenters. The molecule has 0 radical (unpaired) electrons. The molecule has 14 nitrogen and oxygen atoms in total. The molecule has 0 spiro atoms. The van der Waals surface area contributed by atoms with E-state index in [4.69, 9.17) is 24.9 Å². The molecule has 0 aromatic rings. The van der Waals surface area contributed by atoms with Gasteiger partial charge in [0, 0.05) is 0 Å². The number of carbonyl (C=O) groups is 1. The van der Waals surface area contributed by atoms with Crippen molar-refractivity contribution in [2.75, 3.05) is 6.61 Å². The molecule has 0 aromatic heterocycles. The van der Waals surface area contributed by atoms with Crippen LogP contribution in [0.5, 0.6) is 0 Å². The van der Waals surface area contributed by atoms with Gasteiger partial charge in [-0.2, -0.15) is 8.62 Å². The fourth-order valence-electron chi connectivity index (χ4n) is 1.10. The van der Waals surface area contributed by atoms with Crippen molar-refractivity contribution < 1.29 is 66.5 Å². The Hall–Kier alpha value is -0.0400. The lowest BCUT2D eigenvalue weighted by atomic mass is 10.1. The maximum atomic E-state index is 11.5. The Kier molecular flexibility index (Phi) is 8.35. The van der Waals surface area contributed by atoms with E-state index in [0.29, 0.717) is 0 Å². The summed E-state index contributed by atoms with van der Waals surface area (Å²) in [6.07, 6.45) is -6.22. The van der Waals surface area contributed by atoms with Gasteiger partial charge in [-0.25, -0.2) is 13.7 Å². The predicted molar refractivity (Wildman–Crippen MR) is 68.5 cm³/mol. The van der Waals surface area contributed by atoms with Gasteiger partial charge in [-0.1, -0.05) is 0 Å². The van der Waals surface area contributed by atoms with Crippen molar-refractivity contribution in [1.29, 1.82) is 0 Å². The molecule has 7 N–H and O–H groups in total. The molecule has 2 unspecified atom stereocenters. The number of hydrogen-bond donors (Lipinski definition) is 7. The second-order valence-electron chi connectivity index (χ2n) is 3.96. The Labute approximate surface area is 128 Å². The van der Waals surface area contributed by atoms with Crippen LogP contribution < -0.4 is 0 Å². The van der Waals surface area contributed by atoms with Gasteiger partial charge in [0.25, 0.3) is 0 Å². The zero-order valence-electron chi connectivity index (χ0n) is 11.3. The van der Waals surface area contributed by atoms with E-state index in [1.165, 1.54) is 0 Å². The Bertz CT molecular complexity index is 551. The van der Waals surface area contributed by atoms with E-state index < -0.39 is 54.2 Å². The number of carbonyl (C=O) groups excluding carboxylic acids is 1. The molecule has 0 aliphatic heterocycles. The topological polar surface area (TPSA) is 238 Å². The van der Waals surface area contributed by atoms with E-state index >= 15 is 0 Å². The van der Waals surface area contributed by atoms with Crippen molar-refractivity contribution in [2.45, 2.75) is 25.2 Å². The number of aliphatic hydroxyl groups is 3. The molecule has 0 saturated carbocycles. The average Bonchev–Trinajstić information content (AvgIpc) is 2.29. The Morgan fingerprint density at radius 2 is 1.48 bits per heavy atom. The van der Waals surface area contributed by atoms with Crippen LogP contribution in [0.3, 0.4) is 0 Å². The maximum absolute atomic E-state index is 11.5. The SMILES string of the molecule is C[C@H](O)[C@H](OP(=O)(O)OP(=O)(O)OP(=O)(O)O)C(=O)[C@@H](O)CO. The first-order chi connectivity index (χ1) is 10.1. The minimum Gasteiger partial charge on any atom is -0.393 e. The molecule has 0 fully saturated rings. The van der Waals surface area contributed by atoms with Gasteiger partial charge in [0.2, 0.25) is 0 Å². The lowest BCUT2D eigenvalue weighted by Gasteiger charge is -2.24. The normalized spacial score (nSPS) is 21.7. The van der Waals surface area contributed by atoms with Gasteiger partial charge >= 0.3 is 23.5 Å². The highest BCUT2D eigenvalue weighted by atomic mass is 31.3. The minimum absolute atomic E-state index is 0.872. The van der Waals surface area contributed by atoms with Crippen molar-refractivity contribution in [2.24, 2.45) is 0 Å². The van der Waals surface area contributed by atoms with Crippen LogP contribution in [-0.2, 0) is 31.6 Å². The maximum Gasteiger partial charge on any atom is 0.490 e. The standard InChI is InChI=1S/C6H15O14P3/c1-3(8)6(5(10)4(9)2-7)18-22(14,15)20-23(16,17)19-21(11,12)13/h3-4,6-9H,2H2,1H3,(H,14,15)(H,16,17)(H2,11,12,13)/t3-,4-,6-/m0/s1. The lowest BCUT2D eigenvalue weighted by molar-refractivity contribution is -0.141. The molecule has 0 rings (SSSR count). The third-order valence-electron chi connectivity index (χ3n) is 1.88. The summed E-state index contributed by atoms with van der Waals surface area (Å²) in [5.74, 6) is -1.47. The van der Waals surface area contributed by atoms with Gasteiger partial charge in [-0.05, 0) is 6.92 Å². The molecule has 17 heteroatoms. The first-order valence-corrected chi connectivity index (χ1v) is 9.95. The summed E-state index contributed by atoms with van der Waals surface area (Å²) in [4.78, 5) is 46.3. The molecule has 0 aromatic carbocycles. The molecular formula is C6H15O14P3. The fourth-order valence-corrected chi connectivity index (χ4v) is 4.33. The van der Waals surface area contributed by atoms with E-state index in [9.17, 15) is 28.5 Å². The molecular weight excluding hydrogens is 389 g/mol. The van der Waals surface area contributed by atoms with Gasteiger partial charge in [0.05, 0.1) is 12.7 Å². The van der Waals surface area contributed by atoms with Gasteiger partial charge in [-0.15, -0.1) is 0 Å². The summed E-state index contributed by atoms with van der Waals surface area (Å²) in [5, 5.41) is 26.9. The number of Topliss-reactive ketones (excluding diaryl/α,β-unsaturated/α-hetero) is 1. The van der Waals surface area contributed by atoms with Crippen molar-refractivity contribution in [3.05, 3.63) is 0 Å². The van der Waals surface area contributed by atoms with Crippen LogP contribution in [0.2, 0.25) is 0 Å². The van der Waals surface area contributed by atoms with Crippen molar-refractivity contribution in [3.63, 3.8) is 0 Å². The zero-order chi connectivity index (χ0) is 18.6. The van der Waals surface area contributed by atoms with E-state index in [0.717, 1.165) is 6.92 Å². The molecule has 0 heterocycles. The second kappa shape index (κ2) is 8.37. The summed E-state index contributed by atoms with van der Waals surface area (Å²) in [6, 6.07) is 0. The molecule has 23 heavy (non-hydrogen) atoms. The first kappa shape index (κ1) is 23.0. The highest BCUT2D eigenvalue weighted by molar-refractivity contribution is 7.66. The molecule has 0 saturated heterocycles. The van der Waals surface area contributed by atoms with Gasteiger partial charge in [0.15, 0.2) is 11.9 Å². The lowest BCUT2D eigenvalue weighted by Crippen LogP contribution is -2.42. The van der Waals surface area contributed by atoms with Crippen molar-refractivity contribution in [1.82, 2.24) is 0 Å². The van der Waals surface area contributed by atoms with Crippen LogP contribution in [0.25, 0.3) is 0 Å². The van der Waals surface area contributed by atoms with Crippen LogP contribution >= 0.6 is 23.5 Å². The highest BCUT2D eigenvalue weighted by Crippen LogP contribution is 2.66. The summed E-state index contributed by atoms with van der Waals surface area (Å²) in [6.45, 7) is -0.251. The van der Waals surface area contributed by atoms with Gasteiger partial charge in [0.1, 0.15) is 6.10 Å². The van der Waals surface area contributed by atoms with Gasteiger partial charge < -0.3 is 34.9 Å². The molecule has 0 amide bonds. The summed E-state index contributed by atoms with van der Waals surface area (Å²) >= 11 is 0. The Morgan fingerprint density at radius 1 is 1.00 bits per heavy atom. The van der Waals surface area contributed by atoms with Crippen LogP contribution in [-0.4, -0.2) is 65.6 Å². The third-order valence-corrected chi connectivity index (χ3v) is 5.70. The smallest absolute Gasteiger partial charge is 0.393 e. The van der Waals surface area contributed by atoms with E-state index in [1.807, 2.05) is 0 Å². The van der Waals surface area contributed by atoms with Crippen LogP contribution in [0.4, 0.5) is 0 Å². The van der Waals surface area contributed by atoms with E-state index in [-0.39, 0.29) is 0 Å². The van der Waals surface area contributed by atoms with Crippen molar-refractivity contribution >= 4 is 29.3 Å². The average molecular weight is 404 g/mol.